The first kappa shape index (κ1) is 17.8. The van der Waals surface area contributed by atoms with Gasteiger partial charge in [-0.1, -0.05) is 0 Å². The fourth-order valence-electron chi connectivity index (χ4n) is 2.39. The third kappa shape index (κ3) is 4.24. The van der Waals surface area contributed by atoms with Gasteiger partial charge in [0.15, 0.2) is 0 Å². The molecule has 1 heterocycles. The number of nitrogens with one attached hydrogen (secondary N) is 1. The molecular formula is C14H17F2NO5S. The number of benzene rings is 1. The molecule has 2 N–H and O–H groups in total. The van der Waals surface area contributed by atoms with Crippen molar-refractivity contribution in [2.24, 2.45) is 5.92 Å². The van der Waals surface area contributed by atoms with Gasteiger partial charge in [0.1, 0.15) is 22.6 Å². The van der Waals surface area contributed by atoms with Crippen LogP contribution in [0.15, 0.2) is 17.0 Å². The standard InChI is InChI=1S/C14H17F2NO5S/c1-8-4-13(11(16)6-10(8)15)23(20,21)17-12(14(18)19)5-9-2-3-22-7-9/h4,6,9,12,17H,2-3,5,7H2,1H3,(H,18,19). The van der Waals surface area contributed by atoms with Crippen LogP contribution < -0.4 is 4.72 Å². The van der Waals surface area contributed by atoms with E-state index < -0.39 is 38.6 Å². The van der Waals surface area contributed by atoms with E-state index in [4.69, 9.17) is 4.74 Å². The van der Waals surface area contributed by atoms with Crippen molar-refractivity contribution in [3.05, 3.63) is 29.3 Å². The molecule has 1 fully saturated rings. The first-order valence-corrected chi connectivity index (χ1v) is 8.47. The molecule has 0 aromatic heterocycles. The Morgan fingerprint density at radius 2 is 2.13 bits per heavy atom. The number of carboxylic acid groups (broad SMARTS) is 1. The third-order valence-electron chi connectivity index (χ3n) is 3.69. The summed E-state index contributed by atoms with van der Waals surface area (Å²) in [5.74, 6) is -3.59. The first-order valence-electron chi connectivity index (χ1n) is 6.99. The summed E-state index contributed by atoms with van der Waals surface area (Å²) in [6.45, 7) is 2.14. The molecule has 0 bridgehead atoms. The number of ether oxygens (including phenoxy) is 1. The lowest BCUT2D eigenvalue weighted by Crippen LogP contribution is -2.42. The van der Waals surface area contributed by atoms with E-state index in [1.165, 1.54) is 6.92 Å². The van der Waals surface area contributed by atoms with E-state index in [9.17, 15) is 27.1 Å². The zero-order chi connectivity index (χ0) is 17.2. The number of sulfonamides is 1. The van der Waals surface area contributed by atoms with Crippen LogP contribution in [0.5, 0.6) is 0 Å². The lowest BCUT2D eigenvalue weighted by Gasteiger charge is -2.18. The third-order valence-corrected chi connectivity index (χ3v) is 5.18. The number of carbonyl (C=O) groups is 1. The summed E-state index contributed by atoms with van der Waals surface area (Å²) in [6.07, 6.45) is 0.673. The number of halogens is 2. The van der Waals surface area contributed by atoms with Crippen LogP contribution in [0, 0.1) is 24.5 Å². The highest BCUT2D eigenvalue weighted by atomic mass is 32.2. The van der Waals surface area contributed by atoms with Crippen LogP contribution in [0.3, 0.4) is 0 Å². The predicted molar refractivity (Wildman–Crippen MR) is 76.4 cm³/mol. The van der Waals surface area contributed by atoms with Crippen LogP contribution in [-0.4, -0.2) is 38.7 Å². The summed E-state index contributed by atoms with van der Waals surface area (Å²) in [6, 6.07) is -0.105. The predicted octanol–water partition coefficient (Wildman–Crippen LogP) is 1.43. The summed E-state index contributed by atoms with van der Waals surface area (Å²) in [5, 5.41) is 9.19. The first-order chi connectivity index (χ1) is 10.7. The Labute approximate surface area is 132 Å². The Bertz CT molecular complexity index is 701. The Kier molecular flexibility index (Phi) is 5.33. The van der Waals surface area contributed by atoms with Gasteiger partial charge in [0.25, 0.3) is 0 Å². The number of aryl methyl sites for hydroxylation is 1. The Balaban J connectivity index is 2.23. The maximum absolute atomic E-state index is 13.8. The molecule has 0 spiro atoms. The minimum Gasteiger partial charge on any atom is -0.480 e. The topological polar surface area (TPSA) is 92.7 Å². The number of rotatable bonds is 6. The summed E-state index contributed by atoms with van der Waals surface area (Å²) >= 11 is 0. The van der Waals surface area contributed by atoms with E-state index in [0.29, 0.717) is 25.7 Å². The maximum Gasteiger partial charge on any atom is 0.321 e. The summed E-state index contributed by atoms with van der Waals surface area (Å²) in [5.41, 5.74) is -0.0529. The Morgan fingerprint density at radius 1 is 1.43 bits per heavy atom. The van der Waals surface area contributed by atoms with E-state index in [1.807, 2.05) is 4.72 Å². The van der Waals surface area contributed by atoms with Crippen molar-refractivity contribution < 1.29 is 31.8 Å². The van der Waals surface area contributed by atoms with Crippen LogP contribution in [0.2, 0.25) is 0 Å². The van der Waals surface area contributed by atoms with Gasteiger partial charge in [0.05, 0.1) is 0 Å². The molecule has 1 aliphatic rings. The molecule has 0 saturated carbocycles. The second-order valence-corrected chi connectivity index (χ2v) is 7.19. The molecule has 2 unspecified atom stereocenters. The summed E-state index contributed by atoms with van der Waals surface area (Å²) in [4.78, 5) is 10.5. The van der Waals surface area contributed by atoms with Crippen molar-refractivity contribution in [1.82, 2.24) is 4.72 Å². The lowest BCUT2D eigenvalue weighted by atomic mass is 10.00. The van der Waals surface area contributed by atoms with Crippen molar-refractivity contribution in [3.8, 4) is 0 Å². The van der Waals surface area contributed by atoms with Gasteiger partial charge in [0, 0.05) is 19.3 Å². The second-order valence-electron chi connectivity index (χ2n) is 5.51. The zero-order valence-electron chi connectivity index (χ0n) is 12.4. The molecule has 1 aromatic rings. The van der Waals surface area contributed by atoms with E-state index in [2.05, 4.69) is 0 Å². The SMILES string of the molecule is Cc1cc(S(=O)(=O)NC(CC2CCOC2)C(=O)O)c(F)cc1F. The van der Waals surface area contributed by atoms with E-state index >= 15 is 0 Å². The van der Waals surface area contributed by atoms with Gasteiger partial charge in [-0.2, -0.15) is 4.72 Å². The average Bonchev–Trinajstić information content (AvgIpc) is 2.94. The van der Waals surface area contributed by atoms with Gasteiger partial charge in [0.2, 0.25) is 10.0 Å². The fourth-order valence-corrected chi connectivity index (χ4v) is 3.74. The number of hydrogen-bond donors (Lipinski definition) is 2. The molecule has 0 radical (unpaired) electrons. The van der Waals surface area contributed by atoms with Gasteiger partial charge in [-0.15, -0.1) is 0 Å². The Morgan fingerprint density at radius 3 is 2.70 bits per heavy atom. The molecule has 128 valence electrons. The van der Waals surface area contributed by atoms with E-state index in [-0.39, 0.29) is 17.9 Å². The molecule has 9 heteroatoms. The van der Waals surface area contributed by atoms with Crippen LogP contribution in [0.1, 0.15) is 18.4 Å². The van der Waals surface area contributed by atoms with Crippen LogP contribution in [-0.2, 0) is 19.6 Å². The molecule has 2 rings (SSSR count). The molecule has 1 saturated heterocycles. The lowest BCUT2D eigenvalue weighted by molar-refractivity contribution is -0.139. The molecule has 23 heavy (non-hydrogen) atoms. The van der Waals surface area contributed by atoms with Gasteiger partial charge in [-0.25, -0.2) is 17.2 Å². The zero-order valence-corrected chi connectivity index (χ0v) is 13.2. The molecule has 1 aliphatic heterocycles. The van der Waals surface area contributed by atoms with Crippen molar-refractivity contribution in [3.63, 3.8) is 0 Å². The van der Waals surface area contributed by atoms with Crippen molar-refractivity contribution in [2.45, 2.75) is 30.7 Å². The van der Waals surface area contributed by atoms with Gasteiger partial charge < -0.3 is 9.84 Å². The number of aliphatic carboxylic acids is 1. The van der Waals surface area contributed by atoms with Crippen molar-refractivity contribution >= 4 is 16.0 Å². The summed E-state index contributed by atoms with van der Waals surface area (Å²) < 4.78 is 58.6. The highest BCUT2D eigenvalue weighted by Gasteiger charge is 2.31. The fraction of sp³-hybridized carbons (Fsp3) is 0.500. The molecule has 0 aliphatic carbocycles. The van der Waals surface area contributed by atoms with Gasteiger partial charge in [-0.3, -0.25) is 4.79 Å². The van der Waals surface area contributed by atoms with E-state index in [0.717, 1.165) is 6.07 Å². The van der Waals surface area contributed by atoms with Crippen molar-refractivity contribution in [2.75, 3.05) is 13.2 Å². The normalized spacial score (nSPS) is 19.7. The highest BCUT2D eigenvalue weighted by molar-refractivity contribution is 7.89. The second kappa shape index (κ2) is 6.90. The maximum atomic E-state index is 13.8. The Hall–Kier alpha value is -1.58. The smallest absolute Gasteiger partial charge is 0.321 e. The van der Waals surface area contributed by atoms with E-state index in [1.54, 1.807) is 0 Å². The monoisotopic (exact) mass is 349 g/mol. The summed E-state index contributed by atoms with van der Waals surface area (Å²) in [7, 11) is -4.43. The number of carboxylic acids is 1. The molecule has 1 aromatic carbocycles. The highest BCUT2D eigenvalue weighted by Crippen LogP contribution is 2.22. The molecular weight excluding hydrogens is 332 g/mol. The minimum absolute atomic E-state index is 0.0381. The molecule has 6 nitrogen and oxygen atoms in total. The minimum atomic E-state index is -4.43. The quantitative estimate of drug-likeness (QED) is 0.810. The largest absolute Gasteiger partial charge is 0.480 e. The van der Waals surface area contributed by atoms with Gasteiger partial charge in [-0.05, 0) is 37.3 Å². The molecule has 2 atom stereocenters. The van der Waals surface area contributed by atoms with Crippen LogP contribution in [0.4, 0.5) is 8.78 Å². The van der Waals surface area contributed by atoms with Crippen LogP contribution >= 0.6 is 0 Å². The van der Waals surface area contributed by atoms with Crippen molar-refractivity contribution in [1.29, 1.82) is 0 Å². The van der Waals surface area contributed by atoms with Crippen LogP contribution in [0.25, 0.3) is 0 Å². The molecule has 0 amide bonds. The number of hydrogen-bond acceptors (Lipinski definition) is 4. The average molecular weight is 349 g/mol. The van der Waals surface area contributed by atoms with Gasteiger partial charge >= 0.3 is 5.97 Å².